The topological polar surface area (TPSA) is 58.9 Å². The molecule has 0 amide bonds. The van der Waals surface area contributed by atoms with Crippen molar-refractivity contribution in [3.63, 3.8) is 0 Å². The fraction of sp³-hybridized carbons (Fsp3) is 0.333. The highest BCUT2D eigenvalue weighted by atomic mass is 19.1. The van der Waals surface area contributed by atoms with Gasteiger partial charge in [-0.2, -0.15) is 0 Å². The lowest BCUT2D eigenvalue weighted by atomic mass is 10.1. The normalized spacial score (nSPS) is 18.6. The second kappa shape index (κ2) is 4.95. The summed E-state index contributed by atoms with van der Waals surface area (Å²) in [5, 5.41) is 8.54. The van der Waals surface area contributed by atoms with Gasteiger partial charge < -0.3 is 9.84 Å². The number of rotatable bonds is 4. The van der Waals surface area contributed by atoms with Crippen LogP contribution in [0.25, 0.3) is 0 Å². The van der Waals surface area contributed by atoms with Crippen molar-refractivity contribution in [2.24, 2.45) is 4.99 Å². The summed E-state index contributed by atoms with van der Waals surface area (Å²) in [4.78, 5) is 14.7. The lowest BCUT2D eigenvalue weighted by Crippen LogP contribution is -2.03. The van der Waals surface area contributed by atoms with Gasteiger partial charge in [-0.3, -0.25) is 4.79 Å². The van der Waals surface area contributed by atoms with Crippen molar-refractivity contribution < 1.29 is 19.0 Å². The lowest BCUT2D eigenvalue weighted by Gasteiger charge is -2.04. The van der Waals surface area contributed by atoms with Gasteiger partial charge in [0, 0.05) is 6.42 Å². The maximum atomic E-state index is 12.7. The molecule has 0 saturated carbocycles. The molecule has 17 heavy (non-hydrogen) atoms. The number of ether oxygens (including phenoxy) is 1. The average molecular weight is 237 g/mol. The van der Waals surface area contributed by atoms with Crippen LogP contribution in [0.1, 0.15) is 24.4 Å². The summed E-state index contributed by atoms with van der Waals surface area (Å²) in [6.07, 6.45) is 0.308. The van der Waals surface area contributed by atoms with Gasteiger partial charge in [0.05, 0.1) is 6.42 Å². The Balaban J connectivity index is 2.00. The largest absolute Gasteiger partial charge is 0.481 e. The third kappa shape index (κ3) is 3.03. The molecule has 2 rings (SSSR count). The summed E-state index contributed by atoms with van der Waals surface area (Å²) in [6.45, 7) is 0.389. The van der Waals surface area contributed by atoms with Crippen LogP contribution in [-0.2, 0) is 9.53 Å². The number of aliphatic imine (C=N–C) groups is 1. The van der Waals surface area contributed by atoms with Gasteiger partial charge in [0.2, 0.25) is 0 Å². The Morgan fingerprint density at radius 2 is 2.18 bits per heavy atom. The molecule has 0 aliphatic carbocycles. The van der Waals surface area contributed by atoms with Gasteiger partial charge in [0.15, 0.2) is 5.90 Å². The van der Waals surface area contributed by atoms with Crippen LogP contribution in [0, 0.1) is 5.82 Å². The number of carboxylic acids is 1. The van der Waals surface area contributed by atoms with Crippen molar-refractivity contribution in [2.75, 3.05) is 6.61 Å². The van der Waals surface area contributed by atoms with Gasteiger partial charge in [-0.15, -0.1) is 0 Å². The number of carbonyl (C=O) groups is 1. The van der Waals surface area contributed by atoms with E-state index >= 15 is 0 Å². The molecule has 0 saturated heterocycles. The highest BCUT2D eigenvalue weighted by Gasteiger charge is 2.20. The third-order valence-corrected chi connectivity index (χ3v) is 2.52. The standard InChI is InChI=1S/C12H12FNO3/c13-9-3-1-8(2-4-9)10-7-17-11(14-10)5-6-12(15)16/h1-4,10H,5-7H2,(H,15,16). The molecular weight excluding hydrogens is 225 g/mol. The van der Waals surface area contributed by atoms with Crippen LogP contribution in [0.2, 0.25) is 0 Å². The predicted octanol–water partition coefficient (Wildman–Crippen LogP) is 2.16. The number of nitrogens with zero attached hydrogens (tertiary/aromatic N) is 1. The fourth-order valence-electron chi connectivity index (χ4n) is 1.63. The lowest BCUT2D eigenvalue weighted by molar-refractivity contribution is -0.136. The average Bonchev–Trinajstić information content (AvgIpc) is 2.76. The minimum absolute atomic E-state index is 0.00890. The van der Waals surface area contributed by atoms with Crippen LogP contribution < -0.4 is 0 Å². The third-order valence-electron chi connectivity index (χ3n) is 2.52. The van der Waals surface area contributed by atoms with Gasteiger partial charge in [0.1, 0.15) is 18.5 Å². The highest BCUT2D eigenvalue weighted by Crippen LogP contribution is 2.24. The Morgan fingerprint density at radius 3 is 2.82 bits per heavy atom. The summed E-state index contributed by atoms with van der Waals surface area (Å²) in [5.41, 5.74) is 0.872. The first-order valence-corrected chi connectivity index (χ1v) is 5.32. The molecule has 1 heterocycles. The molecule has 4 nitrogen and oxygen atoms in total. The first-order valence-electron chi connectivity index (χ1n) is 5.32. The van der Waals surface area contributed by atoms with E-state index in [2.05, 4.69) is 4.99 Å². The second-order valence-electron chi connectivity index (χ2n) is 3.79. The number of hydrogen-bond acceptors (Lipinski definition) is 3. The van der Waals surface area contributed by atoms with Crippen molar-refractivity contribution in [3.8, 4) is 0 Å². The Hall–Kier alpha value is -1.91. The minimum atomic E-state index is -0.874. The zero-order valence-corrected chi connectivity index (χ0v) is 9.10. The summed E-state index contributed by atoms with van der Waals surface area (Å²) in [7, 11) is 0. The maximum absolute atomic E-state index is 12.7. The number of hydrogen-bond donors (Lipinski definition) is 1. The van der Waals surface area contributed by atoms with E-state index in [4.69, 9.17) is 9.84 Å². The van der Waals surface area contributed by atoms with Gasteiger partial charge in [-0.05, 0) is 17.7 Å². The summed E-state index contributed by atoms with van der Waals surface area (Å²) < 4.78 is 18.0. The van der Waals surface area contributed by atoms with Crippen LogP contribution in [-0.4, -0.2) is 23.6 Å². The smallest absolute Gasteiger partial charge is 0.303 e. The van der Waals surface area contributed by atoms with E-state index in [1.807, 2.05) is 0 Å². The summed E-state index contributed by atoms with van der Waals surface area (Å²) in [5.74, 6) is -0.703. The SMILES string of the molecule is O=C(O)CCC1=NC(c2ccc(F)cc2)CO1. The summed E-state index contributed by atoms with van der Waals surface area (Å²) in [6, 6.07) is 5.92. The van der Waals surface area contributed by atoms with Gasteiger partial charge in [-0.1, -0.05) is 12.1 Å². The molecule has 1 unspecified atom stereocenters. The quantitative estimate of drug-likeness (QED) is 0.872. The molecule has 5 heteroatoms. The maximum Gasteiger partial charge on any atom is 0.303 e. The molecule has 1 aliphatic rings. The molecule has 1 aliphatic heterocycles. The number of halogens is 1. The molecular formula is C12H12FNO3. The molecule has 0 aromatic heterocycles. The predicted molar refractivity (Wildman–Crippen MR) is 59.4 cm³/mol. The molecule has 90 valence electrons. The first kappa shape index (κ1) is 11.6. The zero-order chi connectivity index (χ0) is 12.3. The van der Waals surface area contributed by atoms with Crippen LogP contribution in [0.15, 0.2) is 29.3 Å². The van der Waals surface area contributed by atoms with Crippen molar-refractivity contribution >= 4 is 11.9 Å². The van der Waals surface area contributed by atoms with Gasteiger partial charge in [0.25, 0.3) is 0 Å². The Morgan fingerprint density at radius 1 is 1.47 bits per heavy atom. The van der Waals surface area contributed by atoms with E-state index in [1.165, 1.54) is 12.1 Å². The second-order valence-corrected chi connectivity index (χ2v) is 3.79. The minimum Gasteiger partial charge on any atom is -0.481 e. The molecule has 1 aromatic rings. The van der Waals surface area contributed by atoms with E-state index in [0.717, 1.165) is 5.56 Å². The van der Waals surface area contributed by atoms with Crippen LogP contribution in [0.4, 0.5) is 4.39 Å². The fourth-order valence-corrected chi connectivity index (χ4v) is 1.63. The Bertz CT molecular complexity index is 442. The van der Waals surface area contributed by atoms with E-state index in [-0.39, 0.29) is 18.3 Å². The highest BCUT2D eigenvalue weighted by molar-refractivity contribution is 5.81. The first-order chi connectivity index (χ1) is 8.15. The van der Waals surface area contributed by atoms with E-state index < -0.39 is 5.97 Å². The Labute approximate surface area is 97.7 Å². The Kier molecular flexibility index (Phi) is 3.37. The van der Waals surface area contributed by atoms with Crippen LogP contribution in [0.3, 0.4) is 0 Å². The summed E-state index contributed by atoms with van der Waals surface area (Å²) >= 11 is 0. The van der Waals surface area contributed by atoms with Crippen molar-refractivity contribution in [1.82, 2.24) is 0 Å². The molecule has 0 radical (unpaired) electrons. The number of aliphatic carboxylic acids is 1. The molecule has 1 atom stereocenters. The molecule has 1 aromatic carbocycles. The van der Waals surface area contributed by atoms with Crippen molar-refractivity contribution in [2.45, 2.75) is 18.9 Å². The van der Waals surface area contributed by atoms with E-state index in [9.17, 15) is 9.18 Å². The van der Waals surface area contributed by atoms with E-state index in [0.29, 0.717) is 18.9 Å². The number of benzene rings is 1. The van der Waals surface area contributed by atoms with Gasteiger partial charge >= 0.3 is 5.97 Å². The molecule has 0 fully saturated rings. The van der Waals surface area contributed by atoms with Crippen LogP contribution in [0.5, 0.6) is 0 Å². The molecule has 0 spiro atoms. The monoisotopic (exact) mass is 237 g/mol. The van der Waals surface area contributed by atoms with Crippen molar-refractivity contribution in [3.05, 3.63) is 35.6 Å². The van der Waals surface area contributed by atoms with Gasteiger partial charge in [-0.25, -0.2) is 9.38 Å². The number of carboxylic acid groups (broad SMARTS) is 1. The zero-order valence-electron chi connectivity index (χ0n) is 9.10. The molecule has 0 bridgehead atoms. The van der Waals surface area contributed by atoms with Crippen molar-refractivity contribution in [1.29, 1.82) is 0 Å². The van der Waals surface area contributed by atoms with Crippen LogP contribution >= 0.6 is 0 Å². The van der Waals surface area contributed by atoms with E-state index in [1.54, 1.807) is 12.1 Å². The molecule has 1 N–H and O–H groups in total.